The van der Waals surface area contributed by atoms with Gasteiger partial charge in [-0.1, -0.05) is 12.1 Å². The Morgan fingerprint density at radius 3 is 2.94 bits per heavy atom. The van der Waals surface area contributed by atoms with E-state index in [4.69, 9.17) is 4.42 Å². The smallest absolute Gasteiger partial charge is 0.176 e. The van der Waals surface area contributed by atoms with Crippen molar-refractivity contribution in [1.82, 2.24) is 9.55 Å². The van der Waals surface area contributed by atoms with E-state index in [1.54, 1.807) is 24.6 Å². The molecule has 0 amide bonds. The Labute approximate surface area is 104 Å². The molecule has 2 heterocycles. The van der Waals surface area contributed by atoms with Crippen LogP contribution in [0.5, 0.6) is 5.75 Å². The minimum absolute atomic E-state index is 0.271. The van der Waals surface area contributed by atoms with Crippen LogP contribution in [0.1, 0.15) is 5.56 Å². The molecule has 0 spiro atoms. The summed E-state index contributed by atoms with van der Waals surface area (Å²) in [4.78, 5) is 4.28. The molecule has 3 aromatic rings. The van der Waals surface area contributed by atoms with Crippen molar-refractivity contribution in [2.75, 3.05) is 0 Å². The number of hydrogen-bond donors (Lipinski definition) is 1. The summed E-state index contributed by atoms with van der Waals surface area (Å²) in [5, 5.41) is 9.45. The predicted octanol–water partition coefficient (Wildman–Crippen LogP) is 2.90. The summed E-state index contributed by atoms with van der Waals surface area (Å²) < 4.78 is 7.33. The molecular weight excluding hydrogens is 228 g/mol. The molecule has 3 rings (SSSR count). The lowest BCUT2D eigenvalue weighted by atomic mass is 10.2. The SMILES string of the molecule is Oc1cccc(Cn2ccnc2-c2ccco2)c1. The van der Waals surface area contributed by atoms with E-state index >= 15 is 0 Å². The number of imidazole rings is 1. The first-order valence-corrected chi connectivity index (χ1v) is 5.66. The third-order valence-electron chi connectivity index (χ3n) is 2.72. The molecule has 0 atom stereocenters. The summed E-state index contributed by atoms with van der Waals surface area (Å²) in [6, 6.07) is 10.9. The minimum Gasteiger partial charge on any atom is -0.508 e. The van der Waals surface area contributed by atoms with E-state index in [0.29, 0.717) is 6.54 Å². The Kier molecular flexibility index (Phi) is 2.61. The van der Waals surface area contributed by atoms with Gasteiger partial charge in [-0.2, -0.15) is 0 Å². The Morgan fingerprint density at radius 1 is 1.22 bits per heavy atom. The summed E-state index contributed by atoms with van der Waals surface area (Å²) in [5.74, 6) is 1.79. The van der Waals surface area contributed by atoms with Gasteiger partial charge in [-0.25, -0.2) is 4.98 Å². The molecule has 0 unspecified atom stereocenters. The first-order chi connectivity index (χ1) is 8.83. The van der Waals surface area contributed by atoms with Crippen LogP contribution in [0.15, 0.2) is 59.5 Å². The third-order valence-corrected chi connectivity index (χ3v) is 2.72. The van der Waals surface area contributed by atoms with Gasteiger partial charge in [-0.05, 0) is 29.8 Å². The molecule has 0 aliphatic rings. The van der Waals surface area contributed by atoms with Gasteiger partial charge < -0.3 is 14.1 Å². The molecule has 90 valence electrons. The molecule has 4 heteroatoms. The van der Waals surface area contributed by atoms with Gasteiger partial charge in [0.1, 0.15) is 5.75 Å². The summed E-state index contributed by atoms with van der Waals surface area (Å²) in [5.41, 5.74) is 1.01. The Morgan fingerprint density at radius 2 is 2.17 bits per heavy atom. The summed E-state index contributed by atoms with van der Waals surface area (Å²) in [6.45, 7) is 0.643. The zero-order chi connectivity index (χ0) is 12.4. The second kappa shape index (κ2) is 4.41. The maximum Gasteiger partial charge on any atom is 0.176 e. The predicted molar refractivity (Wildman–Crippen MR) is 67.1 cm³/mol. The lowest BCUT2D eigenvalue weighted by Crippen LogP contribution is -2.00. The van der Waals surface area contributed by atoms with Crippen molar-refractivity contribution in [2.45, 2.75) is 6.54 Å². The fourth-order valence-electron chi connectivity index (χ4n) is 1.92. The van der Waals surface area contributed by atoms with Crippen molar-refractivity contribution in [3.8, 4) is 17.3 Å². The van der Waals surface area contributed by atoms with Crippen molar-refractivity contribution >= 4 is 0 Å². The molecule has 2 aromatic heterocycles. The van der Waals surface area contributed by atoms with Crippen LogP contribution in [0.4, 0.5) is 0 Å². The second-order valence-electron chi connectivity index (χ2n) is 4.03. The molecule has 0 aliphatic heterocycles. The number of furan rings is 1. The first-order valence-electron chi connectivity index (χ1n) is 5.66. The van der Waals surface area contributed by atoms with E-state index in [0.717, 1.165) is 17.1 Å². The van der Waals surface area contributed by atoms with Crippen molar-refractivity contribution < 1.29 is 9.52 Å². The van der Waals surface area contributed by atoms with Crippen LogP contribution in [-0.2, 0) is 6.54 Å². The van der Waals surface area contributed by atoms with Gasteiger partial charge in [0, 0.05) is 18.9 Å². The topological polar surface area (TPSA) is 51.2 Å². The van der Waals surface area contributed by atoms with E-state index in [2.05, 4.69) is 4.98 Å². The van der Waals surface area contributed by atoms with Crippen LogP contribution in [0.3, 0.4) is 0 Å². The number of aromatic nitrogens is 2. The van der Waals surface area contributed by atoms with E-state index in [1.165, 1.54) is 0 Å². The Hall–Kier alpha value is -2.49. The standard InChI is InChI=1S/C14H12N2O2/c17-12-4-1-3-11(9-12)10-16-7-6-15-14(16)13-5-2-8-18-13/h1-9,17H,10H2. The fourth-order valence-corrected chi connectivity index (χ4v) is 1.92. The zero-order valence-electron chi connectivity index (χ0n) is 9.65. The van der Waals surface area contributed by atoms with Gasteiger partial charge in [0.2, 0.25) is 0 Å². The average molecular weight is 240 g/mol. The van der Waals surface area contributed by atoms with Crippen molar-refractivity contribution in [3.63, 3.8) is 0 Å². The minimum atomic E-state index is 0.271. The van der Waals surface area contributed by atoms with Crippen LogP contribution < -0.4 is 0 Å². The number of rotatable bonds is 3. The highest BCUT2D eigenvalue weighted by molar-refractivity contribution is 5.47. The van der Waals surface area contributed by atoms with Gasteiger partial charge >= 0.3 is 0 Å². The van der Waals surface area contributed by atoms with E-state index < -0.39 is 0 Å². The van der Waals surface area contributed by atoms with Gasteiger partial charge in [0.25, 0.3) is 0 Å². The summed E-state index contributed by atoms with van der Waals surface area (Å²) in [6.07, 6.45) is 5.26. The van der Waals surface area contributed by atoms with Gasteiger partial charge in [-0.3, -0.25) is 0 Å². The largest absolute Gasteiger partial charge is 0.508 e. The van der Waals surface area contributed by atoms with E-state index in [1.807, 2.05) is 35.0 Å². The van der Waals surface area contributed by atoms with E-state index in [9.17, 15) is 5.11 Å². The quantitative estimate of drug-likeness (QED) is 0.765. The highest BCUT2D eigenvalue weighted by Crippen LogP contribution is 2.20. The van der Waals surface area contributed by atoms with Crippen LogP contribution in [0, 0.1) is 0 Å². The van der Waals surface area contributed by atoms with Crippen LogP contribution in [0.2, 0.25) is 0 Å². The second-order valence-corrected chi connectivity index (χ2v) is 4.03. The molecule has 0 saturated heterocycles. The van der Waals surface area contributed by atoms with Crippen molar-refractivity contribution in [1.29, 1.82) is 0 Å². The monoisotopic (exact) mass is 240 g/mol. The van der Waals surface area contributed by atoms with E-state index in [-0.39, 0.29) is 5.75 Å². The van der Waals surface area contributed by atoms with Crippen molar-refractivity contribution in [2.24, 2.45) is 0 Å². The Balaban J connectivity index is 1.92. The maximum atomic E-state index is 9.45. The lowest BCUT2D eigenvalue weighted by molar-refractivity contribution is 0.474. The molecule has 0 fully saturated rings. The van der Waals surface area contributed by atoms with Crippen LogP contribution in [-0.4, -0.2) is 14.7 Å². The lowest BCUT2D eigenvalue weighted by Gasteiger charge is -2.06. The molecular formula is C14H12N2O2. The number of phenolic OH excluding ortho intramolecular Hbond substituents is 1. The number of benzene rings is 1. The Bertz CT molecular complexity index is 641. The third kappa shape index (κ3) is 2.00. The summed E-state index contributed by atoms with van der Waals surface area (Å²) >= 11 is 0. The first kappa shape index (κ1) is 10.7. The molecule has 0 radical (unpaired) electrons. The molecule has 0 aliphatic carbocycles. The number of phenols is 1. The van der Waals surface area contributed by atoms with Gasteiger partial charge in [-0.15, -0.1) is 0 Å². The molecule has 1 aromatic carbocycles. The summed E-state index contributed by atoms with van der Waals surface area (Å²) in [7, 11) is 0. The van der Waals surface area contributed by atoms with Crippen LogP contribution >= 0.6 is 0 Å². The normalized spacial score (nSPS) is 10.7. The fraction of sp³-hybridized carbons (Fsp3) is 0.0714. The number of aromatic hydroxyl groups is 1. The molecule has 0 bridgehead atoms. The molecule has 0 saturated carbocycles. The molecule has 4 nitrogen and oxygen atoms in total. The average Bonchev–Trinajstić information content (AvgIpc) is 2.98. The van der Waals surface area contributed by atoms with Gasteiger partial charge in [0.15, 0.2) is 11.6 Å². The zero-order valence-corrected chi connectivity index (χ0v) is 9.65. The number of hydrogen-bond acceptors (Lipinski definition) is 3. The molecule has 1 N–H and O–H groups in total. The van der Waals surface area contributed by atoms with Crippen LogP contribution in [0.25, 0.3) is 11.6 Å². The number of nitrogens with zero attached hydrogens (tertiary/aromatic N) is 2. The maximum absolute atomic E-state index is 9.45. The van der Waals surface area contributed by atoms with Gasteiger partial charge in [0.05, 0.1) is 6.26 Å². The molecule has 18 heavy (non-hydrogen) atoms. The highest BCUT2D eigenvalue weighted by Gasteiger charge is 2.08. The van der Waals surface area contributed by atoms with Crippen molar-refractivity contribution in [3.05, 3.63) is 60.6 Å². The highest BCUT2D eigenvalue weighted by atomic mass is 16.3.